The minimum absolute atomic E-state index is 0.0493. The monoisotopic (exact) mass is 449 g/mol. The van der Waals surface area contributed by atoms with Gasteiger partial charge in [0.15, 0.2) is 0 Å². The molecule has 1 heterocycles. The molecule has 2 aromatic carbocycles. The lowest BCUT2D eigenvalue weighted by Crippen LogP contribution is -2.42. The van der Waals surface area contributed by atoms with E-state index in [1.807, 2.05) is 6.07 Å². The number of carbonyl (C=O) groups excluding carboxylic acids is 2. The molecule has 10 heteroatoms. The average molecular weight is 450 g/mol. The van der Waals surface area contributed by atoms with Crippen LogP contribution in [0.5, 0.6) is 0 Å². The van der Waals surface area contributed by atoms with E-state index in [1.165, 1.54) is 18.2 Å². The van der Waals surface area contributed by atoms with Crippen molar-refractivity contribution in [3.63, 3.8) is 0 Å². The lowest BCUT2D eigenvalue weighted by Gasteiger charge is -2.10. The van der Waals surface area contributed by atoms with Gasteiger partial charge in [0, 0.05) is 15.9 Å². The Balaban J connectivity index is 2.16. The molecule has 0 fully saturated rings. The molecular weight excluding hydrogens is 430 g/mol. The van der Waals surface area contributed by atoms with E-state index in [1.54, 1.807) is 32.9 Å². The number of amides is 2. The van der Waals surface area contributed by atoms with Crippen LogP contribution in [0.25, 0.3) is 10.9 Å². The topological polar surface area (TPSA) is 117 Å². The van der Waals surface area contributed by atoms with E-state index in [0.717, 1.165) is 11.1 Å². The Hall–Kier alpha value is -3.04. The number of aromatic nitrogens is 1. The second kappa shape index (κ2) is 8.37. The van der Waals surface area contributed by atoms with E-state index in [0.29, 0.717) is 10.5 Å². The molecule has 0 spiro atoms. The predicted molar refractivity (Wildman–Crippen MR) is 112 cm³/mol. The second-order valence-corrected chi connectivity index (χ2v) is 8.97. The number of hydrogen-bond acceptors (Lipinski definition) is 5. The van der Waals surface area contributed by atoms with Gasteiger partial charge in [0.05, 0.1) is 11.5 Å². The van der Waals surface area contributed by atoms with Crippen LogP contribution in [0.3, 0.4) is 0 Å². The summed E-state index contributed by atoms with van der Waals surface area (Å²) in [6.45, 7) is 5.29. The third-order valence-electron chi connectivity index (χ3n) is 4.27. The summed E-state index contributed by atoms with van der Waals surface area (Å²) in [4.78, 5) is 26.8. The number of aryl methyl sites for hydroxylation is 2. The largest absolute Gasteiger partial charge is 0.449 e. The van der Waals surface area contributed by atoms with Crippen molar-refractivity contribution in [3.05, 3.63) is 58.2 Å². The van der Waals surface area contributed by atoms with Crippen LogP contribution in [-0.2, 0) is 14.6 Å². The molecule has 0 unspecified atom stereocenters. The molecule has 3 aromatic rings. The molecule has 0 atom stereocenters. The Labute approximate surface area is 178 Å². The SMILES string of the molecule is CCOC(=O)NNC(=O)c1[nH]c2ccc(Cl)cc2c1S(=O)(=O)c1cc(C)cc(C)c1. The van der Waals surface area contributed by atoms with Crippen LogP contribution in [0, 0.1) is 13.8 Å². The van der Waals surface area contributed by atoms with Crippen molar-refractivity contribution in [2.75, 3.05) is 6.61 Å². The highest BCUT2D eigenvalue weighted by molar-refractivity contribution is 7.91. The van der Waals surface area contributed by atoms with Gasteiger partial charge >= 0.3 is 6.09 Å². The van der Waals surface area contributed by atoms with E-state index in [-0.39, 0.29) is 27.5 Å². The first-order valence-electron chi connectivity index (χ1n) is 9.01. The van der Waals surface area contributed by atoms with E-state index < -0.39 is 21.8 Å². The van der Waals surface area contributed by atoms with Gasteiger partial charge in [0.25, 0.3) is 5.91 Å². The van der Waals surface area contributed by atoms with E-state index in [2.05, 4.69) is 20.6 Å². The van der Waals surface area contributed by atoms with Crippen LogP contribution >= 0.6 is 11.6 Å². The predicted octanol–water partition coefficient (Wildman–Crippen LogP) is 3.66. The molecule has 30 heavy (non-hydrogen) atoms. The lowest BCUT2D eigenvalue weighted by atomic mass is 10.2. The number of aromatic amines is 1. The Bertz CT molecular complexity index is 1230. The first-order valence-corrected chi connectivity index (χ1v) is 10.9. The van der Waals surface area contributed by atoms with Gasteiger partial charge in [-0.25, -0.2) is 18.6 Å². The highest BCUT2D eigenvalue weighted by Gasteiger charge is 2.30. The van der Waals surface area contributed by atoms with Crippen LogP contribution in [0.1, 0.15) is 28.5 Å². The normalized spacial score (nSPS) is 11.3. The van der Waals surface area contributed by atoms with E-state index >= 15 is 0 Å². The van der Waals surface area contributed by atoms with Crippen molar-refractivity contribution in [1.82, 2.24) is 15.8 Å². The maximum Gasteiger partial charge on any atom is 0.426 e. The summed E-state index contributed by atoms with van der Waals surface area (Å²) >= 11 is 6.08. The molecule has 1 aromatic heterocycles. The molecule has 2 amide bonds. The highest BCUT2D eigenvalue weighted by Crippen LogP contribution is 2.34. The third kappa shape index (κ3) is 4.27. The molecule has 0 aliphatic rings. The number of rotatable bonds is 4. The lowest BCUT2D eigenvalue weighted by molar-refractivity contribution is 0.0905. The fourth-order valence-electron chi connectivity index (χ4n) is 3.12. The molecule has 0 aliphatic heterocycles. The average Bonchev–Trinajstić information content (AvgIpc) is 3.05. The summed E-state index contributed by atoms with van der Waals surface area (Å²) < 4.78 is 31.8. The Morgan fingerprint density at radius 2 is 1.73 bits per heavy atom. The summed E-state index contributed by atoms with van der Waals surface area (Å²) in [5.41, 5.74) is 5.93. The van der Waals surface area contributed by atoms with Gasteiger partial charge in [-0.2, -0.15) is 0 Å². The fraction of sp³-hybridized carbons (Fsp3) is 0.200. The zero-order chi connectivity index (χ0) is 22.1. The van der Waals surface area contributed by atoms with Crippen LogP contribution in [0.4, 0.5) is 4.79 Å². The molecule has 0 aliphatic carbocycles. The van der Waals surface area contributed by atoms with Crippen molar-refractivity contribution >= 4 is 44.3 Å². The maximum atomic E-state index is 13.5. The van der Waals surface area contributed by atoms with Crippen molar-refractivity contribution in [2.24, 2.45) is 0 Å². The minimum Gasteiger partial charge on any atom is -0.449 e. The van der Waals surface area contributed by atoms with Gasteiger partial charge < -0.3 is 9.72 Å². The number of H-pyrrole nitrogens is 1. The van der Waals surface area contributed by atoms with Gasteiger partial charge in [-0.3, -0.25) is 10.2 Å². The number of halogens is 1. The summed E-state index contributed by atoms with van der Waals surface area (Å²) in [5, 5.41) is 0.581. The quantitative estimate of drug-likeness (QED) is 0.525. The van der Waals surface area contributed by atoms with Gasteiger partial charge in [0.1, 0.15) is 10.6 Å². The molecule has 0 saturated carbocycles. The number of ether oxygens (including phenoxy) is 1. The zero-order valence-electron chi connectivity index (χ0n) is 16.5. The standard InChI is InChI=1S/C20H20ClN3O5S/c1-4-29-20(26)24-23-19(25)17-18(15-10-13(21)5-6-16(15)22-17)30(27,28)14-8-11(2)7-12(3)9-14/h5-10,22H,4H2,1-3H3,(H,23,25)(H,24,26). The summed E-state index contributed by atoms with van der Waals surface area (Å²) in [6, 6.07) is 9.54. The molecule has 0 saturated heterocycles. The van der Waals surface area contributed by atoms with Crippen LogP contribution < -0.4 is 10.9 Å². The van der Waals surface area contributed by atoms with Gasteiger partial charge in [0.2, 0.25) is 9.84 Å². The van der Waals surface area contributed by atoms with Gasteiger partial charge in [-0.1, -0.05) is 17.7 Å². The molecule has 0 radical (unpaired) electrons. The number of fused-ring (bicyclic) bond motifs is 1. The number of hydrazine groups is 1. The Morgan fingerprint density at radius 3 is 2.37 bits per heavy atom. The summed E-state index contributed by atoms with van der Waals surface area (Å²) in [6.07, 6.45) is -0.872. The first kappa shape index (κ1) is 21.7. The maximum absolute atomic E-state index is 13.5. The van der Waals surface area contributed by atoms with Crippen molar-refractivity contribution in [2.45, 2.75) is 30.6 Å². The smallest absolute Gasteiger partial charge is 0.426 e. The highest BCUT2D eigenvalue weighted by atomic mass is 35.5. The van der Waals surface area contributed by atoms with E-state index in [4.69, 9.17) is 11.6 Å². The summed E-state index contributed by atoms with van der Waals surface area (Å²) in [7, 11) is -4.10. The van der Waals surface area contributed by atoms with E-state index in [9.17, 15) is 18.0 Å². The molecule has 3 rings (SSSR count). The zero-order valence-corrected chi connectivity index (χ0v) is 18.1. The number of nitrogens with one attached hydrogen (secondary N) is 3. The molecular formula is C20H20ClN3O5S. The number of sulfone groups is 1. The molecule has 0 bridgehead atoms. The van der Waals surface area contributed by atoms with Crippen LogP contribution in [0.15, 0.2) is 46.2 Å². The summed E-state index contributed by atoms with van der Waals surface area (Å²) in [5.74, 6) is -0.849. The molecule has 8 nitrogen and oxygen atoms in total. The molecule has 3 N–H and O–H groups in total. The van der Waals surface area contributed by atoms with Crippen molar-refractivity contribution in [1.29, 1.82) is 0 Å². The molecule has 158 valence electrons. The number of carbonyl (C=O) groups is 2. The first-order chi connectivity index (χ1) is 14.1. The number of benzene rings is 2. The number of hydrogen-bond donors (Lipinski definition) is 3. The fourth-order valence-corrected chi connectivity index (χ4v) is 5.08. The van der Waals surface area contributed by atoms with Gasteiger partial charge in [-0.15, -0.1) is 0 Å². The van der Waals surface area contributed by atoms with Gasteiger partial charge in [-0.05, 0) is 62.2 Å². The Morgan fingerprint density at radius 1 is 1.07 bits per heavy atom. The minimum atomic E-state index is -4.10. The third-order valence-corrected chi connectivity index (χ3v) is 6.32. The van der Waals surface area contributed by atoms with Crippen molar-refractivity contribution in [3.8, 4) is 0 Å². The van der Waals surface area contributed by atoms with Crippen LogP contribution in [-0.4, -0.2) is 32.0 Å². The van der Waals surface area contributed by atoms with Crippen LogP contribution in [0.2, 0.25) is 5.02 Å². The van der Waals surface area contributed by atoms with Crippen molar-refractivity contribution < 1.29 is 22.7 Å². The second-order valence-electron chi connectivity index (χ2n) is 6.65. The Kier molecular flexibility index (Phi) is 6.04.